The first-order chi connectivity index (χ1) is 9.24. The van der Waals surface area contributed by atoms with Crippen LogP contribution in [-0.4, -0.2) is 12.6 Å². The summed E-state index contributed by atoms with van der Waals surface area (Å²) in [6.07, 6.45) is -0.348. The lowest BCUT2D eigenvalue weighted by Crippen LogP contribution is -2.10. The van der Waals surface area contributed by atoms with Gasteiger partial charge in [-0.25, -0.2) is 4.79 Å². The van der Waals surface area contributed by atoms with Crippen LogP contribution in [0.5, 0.6) is 5.75 Å². The van der Waals surface area contributed by atoms with Crippen molar-refractivity contribution in [3.8, 4) is 5.75 Å². The highest BCUT2D eigenvalue weighted by molar-refractivity contribution is 6.30. The van der Waals surface area contributed by atoms with Crippen molar-refractivity contribution in [2.24, 2.45) is 0 Å². The highest BCUT2D eigenvalue weighted by Gasteiger charge is 2.30. The lowest BCUT2D eigenvalue weighted by atomic mass is 10.1. The lowest BCUT2D eigenvalue weighted by molar-refractivity contribution is 0.0269. The Kier molecular flexibility index (Phi) is 3.13. The van der Waals surface area contributed by atoms with Crippen LogP contribution in [0.1, 0.15) is 22.0 Å². The summed E-state index contributed by atoms with van der Waals surface area (Å²) in [5.41, 5.74) is 1.49. The van der Waals surface area contributed by atoms with E-state index in [-0.39, 0.29) is 12.1 Å². The van der Waals surface area contributed by atoms with Gasteiger partial charge in [0.05, 0.1) is 5.56 Å². The number of carbonyl (C=O) groups excluding carboxylic acids is 1. The third kappa shape index (κ3) is 2.42. The number of ether oxygens (including phenoxy) is 2. The van der Waals surface area contributed by atoms with Crippen LogP contribution >= 0.6 is 11.6 Å². The second-order valence-corrected chi connectivity index (χ2v) is 4.68. The maximum atomic E-state index is 11.6. The van der Waals surface area contributed by atoms with Gasteiger partial charge in [-0.3, -0.25) is 0 Å². The van der Waals surface area contributed by atoms with Gasteiger partial charge in [0.25, 0.3) is 0 Å². The first-order valence-corrected chi connectivity index (χ1v) is 6.30. The zero-order valence-corrected chi connectivity index (χ0v) is 10.8. The number of hydrogen-bond acceptors (Lipinski definition) is 3. The minimum absolute atomic E-state index is 0.291. The van der Waals surface area contributed by atoms with Crippen molar-refractivity contribution in [2.45, 2.75) is 6.10 Å². The predicted octanol–water partition coefficient (Wildman–Crippen LogP) is 3.63. The Morgan fingerprint density at radius 2 is 1.84 bits per heavy atom. The molecule has 0 aliphatic carbocycles. The average molecular weight is 275 g/mol. The van der Waals surface area contributed by atoms with Gasteiger partial charge in [-0.2, -0.15) is 0 Å². The molecule has 4 heteroatoms. The summed E-state index contributed by atoms with van der Waals surface area (Å²) >= 11 is 5.80. The zero-order chi connectivity index (χ0) is 13.2. The molecule has 0 spiro atoms. The molecule has 1 atom stereocenters. The average Bonchev–Trinajstić information content (AvgIpc) is 2.76. The summed E-state index contributed by atoms with van der Waals surface area (Å²) in [6.45, 7) is 0.296. The Labute approximate surface area is 115 Å². The number of cyclic esters (lactones) is 1. The van der Waals surface area contributed by atoms with Crippen LogP contribution in [0.25, 0.3) is 0 Å². The fraction of sp³-hybridized carbons (Fsp3) is 0.133. The van der Waals surface area contributed by atoms with Gasteiger partial charge in [0.15, 0.2) is 6.10 Å². The molecule has 3 nitrogen and oxygen atoms in total. The maximum Gasteiger partial charge on any atom is 0.339 e. The van der Waals surface area contributed by atoms with Gasteiger partial charge in [0, 0.05) is 10.6 Å². The first kappa shape index (κ1) is 12.1. The normalized spacial score (nSPS) is 16.9. The molecule has 3 rings (SSSR count). The smallest absolute Gasteiger partial charge is 0.339 e. The Balaban J connectivity index is 1.72. The highest BCUT2D eigenvalue weighted by atomic mass is 35.5. The van der Waals surface area contributed by atoms with E-state index >= 15 is 0 Å². The van der Waals surface area contributed by atoms with E-state index in [1.807, 2.05) is 18.2 Å². The molecule has 19 heavy (non-hydrogen) atoms. The number of benzene rings is 2. The molecule has 0 unspecified atom stereocenters. The first-order valence-electron chi connectivity index (χ1n) is 5.92. The summed E-state index contributed by atoms with van der Waals surface area (Å²) < 4.78 is 10.9. The monoisotopic (exact) mass is 274 g/mol. The second kappa shape index (κ2) is 4.94. The van der Waals surface area contributed by atoms with Gasteiger partial charge in [-0.05, 0) is 30.3 Å². The second-order valence-electron chi connectivity index (χ2n) is 4.25. The molecular formula is C15H11ClO3. The van der Waals surface area contributed by atoms with Gasteiger partial charge >= 0.3 is 5.97 Å². The van der Waals surface area contributed by atoms with Crippen LogP contribution in [-0.2, 0) is 4.74 Å². The Bertz CT molecular complexity index is 607. The molecule has 0 radical (unpaired) electrons. The van der Waals surface area contributed by atoms with Gasteiger partial charge < -0.3 is 9.47 Å². The molecule has 0 amide bonds. The molecule has 0 N–H and O–H groups in total. The van der Waals surface area contributed by atoms with Gasteiger partial charge in [0.2, 0.25) is 0 Å². The molecule has 2 aromatic rings. The predicted molar refractivity (Wildman–Crippen MR) is 71.5 cm³/mol. The van der Waals surface area contributed by atoms with Crippen molar-refractivity contribution in [1.82, 2.24) is 0 Å². The number of halogens is 1. The third-order valence-electron chi connectivity index (χ3n) is 2.99. The van der Waals surface area contributed by atoms with Gasteiger partial charge in [-0.15, -0.1) is 0 Å². The summed E-state index contributed by atoms with van der Waals surface area (Å²) in [5, 5.41) is 0.657. The molecule has 1 aliphatic rings. The number of esters is 1. The minimum atomic E-state index is -0.348. The molecule has 0 bridgehead atoms. The summed E-state index contributed by atoms with van der Waals surface area (Å²) in [6, 6.07) is 14.4. The van der Waals surface area contributed by atoms with Crippen LogP contribution in [0, 0.1) is 0 Å². The largest absolute Gasteiger partial charge is 0.489 e. The Hall–Kier alpha value is -2.00. The molecule has 2 aromatic carbocycles. The fourth-order valence-electron chi connectivity index (χ4n) is 2.05. The van der Waals surface area contributed by atoms with E-state index in [2.05, 4.69) is 0 Å². The van der Waals surface area contributed by atoms with Crippen LogP contribution in [0.15, 0.2) is 48.5 Å². The summed E-state index contributed by atoms with van der Waals surface area (Å²) in [5.74, 6) is 0.408. The van der Waals surface area contributed by atoms with Gasteiger partial charge in [0.1, 0.15) is 12.4 Å². The number of carbonyl (C=O) groups is 1. The molecule has 96 valence electrons. The molecule has 0 aromatic heterocycles. The SMILES string of the molecule is O=C1O[C@@H](COc2ccc(Cl)cc2)c2ccccc21. The molecular weight excluding hydrogens is 264 g/mol. The quantitative estimate of drug-likeness (QED) is 0.802. The molecule has 0 saturated heterocycles. The summed E-state index contributed by atoms with van der Waals surface area (Å²) in [7, 11) is 0. The highest BCUT2D eigenvalue weighted by Crippen LogP contribution is 2.30. The Morgan fingerprint density at radius 1 is 1.11 bits per heavy atom. The fourth-order valence-corrected chi connectivity index (χ4v) is 2.17. The van der Waals surface area contributed by atoms with Crippen molar-refractivity contribution in [1.29, 1.82) is 0 Å². The van der Waals surface area contributed by atoms with Crippen molar-refractivity contribution in [3.05, 3.63) is 64.7 Å². The van der Waals surface area contributed by atoms with Crippen molar-refractivity contribution in [2.75, 3.05) is 6.61 Å². The number of hydrogen-bond donors (Lipinski definition) is 0. The number of fused-ring (bicyclic) bond motifs is 1. The lowest BCUT2D eigenvalue weighted by Gasteiger charge is -2.12. The van der Waals surface area contributed by atoms with Crippen molar-refractivity contribution >= 4 is 17.6 Å². The molecule has 1 aliphatic heterocycles. The molecule has 0 fully saturated rings. The van der Waals surface area contributed by atoms with Crippen LogP contribution in [0.2, 0.25) is 5.02 Å². The van der Waals surface area contributed by atoms with E-state index in [0.717, 1.165) is 5.56 Å². The standard InChI is InChI=1S/C15H11ClO3/c16-10-5-7-11(8-6-10)18-9-14-12-3-1-2-4-13(12)15(17)19-14/h1-8,14H,9H2/t14-/m0/s1. The van der Waals surface area contributed by atoms with Gasteiger partial charge in [-0.1, -0.05) is 29.8 Å². The third-order valence-corrected chi connectivity index (χ3v) is 3.24. The van der Waals surface area contributed by atoms with Crippen molar-refractivity contribution < 1.29 is 14.3 Å². The van der Waals surface area contributed by atoms with E-state index < -0.39 is 0 Å². The molecule has 1 heterocycles. The summed E-state index contributed by atoms with van der Waals surface area (Å²) in [4.78, 5) is 11.6. The van der Waals surface area contributed by atoms with E-state index in [9.17, 15) is 4.79 Å². The topological polar surface area (TPSA) is 35.5 Å². The van der Waals surface area contributed by atoms with E-state index in [0.29, 0.717) is 22.9 Å². The van der Waals surface area contributed by atoms with Crippen LogP contribution < -0.4 is 4.74 Å². The van der Waals surface area contributed by atoms with Crippen LogP contribution in [0.4, 0.5) is 0 Å². The van der Waals surface area contributed by atoms with E-state index in [1.54, 1.807) is 30.3 Å². The molecule has 0 saturated carbocycles. The number of rotatable bonds is 3. The van der Waals surface area contributed by atoms with Crippen molar-refractivity contribution in [3.63, 3.8) is 0 Å². The Morgan fingerprint density at radius 3 is 2.63 bits per heavy atom. The maximum absolute atomic E-state index is 11.6. The van der Waals surface area contributed by atoms with Crippen LogP contribution in [0.3, 0.4) is 0 Å². The van der Waals surface area contributed by atoms with E-state index in [4.69, 9.17) is 21.1 Å². The van der Waals surface area contributed by atoms with E-state index in [1.165, 1.54) is 0 Å². The zero-order valence-electron chi connectivity index (χ0n) is 10.0. The minimum Gasteiger partial charge on any atom is -0.489 e.